The van der Waals surface area contributed by atoms with E-state index in [-0.39, 0.29) is 17.2 Å². The van der Waals surface area contributed by atoms with Crippen LogP contribution in [0, 0.1) is 0 Å². The van der Waals surface area contributed by atoms with Crippen LogP contribution in [0.3, 0.4) is 0 Å². The molecule has 30 heavy (non-hydrogen) atoms. The second-order valence-electron chi connectivity index (χ2n) is 6.63. The molecule has 0 bridgehead atoms. The third-order valence-corrected chi connectivity index (χ3v) is 5.46. The van der Waals surface area contributed by atoms with Gasteiger partial charge >= 0.3 is 6.09 Å². The molecule has 2 amide bonds. The molecule has 0 spiro atoms. The predicted octanol–water partition coefficient (Wildman–Crippen LogP) is 3.28. The van der Waals surface area contributed by atoms with E-state index in [2.05, 4.69) is 20.6 Å². The summed E-state index contributed by atoms with van der Waals surface area (Å²) in [6, 6.07) is 12.3. The molecular formula is C21H22N4O4S. The zero-order chi connectivity index (χ0) is 21.3. The second kappa shape index (κ2) is 10.4. The molecule has 0 fully saturated rings. The van der Waals surface area contributed by atoms with Crippen molar-refractivity contribution in [2.45, 2.75) is 25.7 Å². The summed E-state index contributed by atoms with van der Waals surface area (Å²) >= 11 is 1.36. The SMILES string of the molecule is O=C(O)NCCCCCCNC(=O)c1cccc(-c2nc(=O)c3ccccc3s2)n1. The van der Waals surface area contributed by atoms with E-state index in [0.29, 0.717) is 29.2 Å². The van der Waals surface area contributed by atoms with Crippen molar-refractivity contribution in [2.75, 3.05) is 13.1 Å². The van der Waals surface area contributed by atoms with Crippen molar-refractivity contribution in [2.24, 2.45) is 0 Å². The van der Waals surface area contributed by atoms with E-state index in [1.165, 1.54) is 11.3 Å². The molecule has 3 aromatic rings. The van der Waals surface area contributed by atoms with Gasteiger partial charge in [0.2, 0.25) is 0 Å². The van der Waals surface area contributed by atoms with Crippen LogP contribution in [0.5, 0.6) is 0 Å². The van der Waals surface area contributed by atoms with Crippen molar-refractivity contribution in [1.29, 1.82) is 0 Å². The van der Waals surface area contributed by atoms with Gasteiger partial charge in [0.1, 0.15) is 10.7 Å². The molecule has 2 aromatic heterocycles. The van der Waals surface area contributed by atoms with E-state index >= 15 is 0 Å². The lowest BCUT2D eigenvalue weighted by atomic mass is 10.2. The number of pyridine rings is 1. The third kappa shape index (κ3) is 5.84. The molecule has 9 heteroatoms. The van der Waals surface area contributed by atoms with E-state index in [0.717, 1.165) is 30.4 Å². The van der Waals surface area contributed by atoms with Gasteiger partial charge in [-0.3, -0.25) is 9.59 Å². The molecule has 156 valence electrons. The first-order valence-corrected chi connectivity index (χ1v) is 10.5. The first-order valence-electron chi connectivity index (χ1n) is 9.67. The minimum absolute atomic E-state index is 0.271. The van der Waals surface area contributed by atoms with E-state index in [9.17, 15) is 14.4 Å². The molecule has 3 N–H and O–H groups in total. The number of nitrogens with one attached hydrogen (secondary N) is 2. The van der Waals surface area contributed by atoms with Gasteiger partial charge < -0.3 is 15.7 Å². The molecule has 2 heterocycles. The maximum atomic E-state index is 12.4. The first-order chi connectivity index (χ1) is 14.5. The largest absolute Gasteiger partial charge is 0.465 e. The summed E-state index contributed by atoms with van der Waals surface area (Å²) in [7, 11) is 0. The molecule has 0 unspecified atom stereocenters. The smallest absolute Gasteiger partial charge is 0.404 e. The van der Waals surface area contributed by atoms with Crippen LogP contribution < -0.4 is 16.2 Å². The Morgan fingerprint density at radius 2 is 1.63 bits per heavy atom. The molecule has 1 aromatic carbocycles. The quantitative estimate of drug-likeness (QED) is 0.452. The van der Waals surface area contributed by atoms with Gasteiger partial charge in [-0.25, -0.2) is 9.78 Å². The van der Waals surface area contributed by atoms with Gasteiger partial charge in [-0.1, -0.05) is 31.0 Å². The van der Waals surface area contributed by atoms with Crippen LogP contribution in [0.25, 0.3) is 20.8 Å². The monoisotopic (exact) mass is 426 g/mol. The summed E-state index contributed by atoms with van der Waals surface area (Å²) in [4.78, 5) is 43.5. The Bertz CT molecular complexity index is 1100. The number of hydrogen-bond donors (Lipinski definition) is 3. The zero-order valence-corrected chi connectivity index (χ0v) is 17.1. The highest BCUT2D eigenvalue weighted by Crippen LogP contribution is 2.24. The van der Waals surface area contributed by atoms with Crippen LogP contribution in [0.2, 0.25) is 0 Å². The number of nitrogens with zero attached hydrogens (tertiary/aromatic N) is 2. The van der Waals surface area contributed by atoms with Gasteiger partial charge in [-0.15, -0.1) is 11.3 Å². The van der Waals surface area contributed by atoms with Crippen LogP contribution >= 0.6 is 11.3 Å². The van der Waals surface area contributed by atoms with Crippen molar-refractivity contribution in [3.63, 3.8) is 0 Å². The van der Waals surface area contributed by atoms with E-state index < -0.39 is 6.09 Å². The molecule has 3 rings (SSSR count). The number of amides is 2. The Labute approximate surface area is 177 Å². The predicted molar refractivity (Wildman–Crippen MR) is 116 cm³/mol. The minimum atomic E-state index is -1.01. The number of rotatable bonds is 9. The Hall–Kier alpha value is -3.33. The number of carbonyl (C=O) groups is 2. The number of benzene rings is 1. The minimum Gasteiger partial charge on any atom is -0.465 e. The lowest BCUT2D eigenvalue weighted by Crippen LogP contribution is -2.25. The standard InChI is InChI=1S/C21H22N4O4S/c26-18-14-8-3-4-11-17(14)30-20(25-18)16-10-7-9-15(24-16)19(27)22-12-5-1-2-6-13-23-21(28)29/h3-4,7-11,23H,1-2,5-6,12-13H2,(H,22,27)(H,28,29). The molecule has 0 aliphatic heterocycles. The lowest BCUT2D eigenvalue weighted by Gasteiger charge is -2.07. The Morgan fingerprint density at radius 1 is 0.900 bits per heavy atom. The van der Waals surface area contributed by atoms with Gasteiger partial charge in [-0.2, -0.15) is 4.98 Å². The van der Waals surface area contributed by atoms with Crippen molar-refractivity contribution >= 4 is 33.4 Å². The number of unbranched alkanes of at least 4 members (excludes halogenated alkanes) is 3. The number of hydrogen-bond acceptors (Lipinski definition) is 6. The van der Waals surface area contributed by atoms with Crippen LogP contribution in [0.15, 0.2) is 47.3 Å². The van der Waals surface area contributed by atoms with Gasteiger partial charge in [0.05, 0.1) is 11.1 Å². The highest BCUT2D eigenvalue weighted by Gasteiger charge is 2.11. The average molecular weight is 426 g/mol. The first kappa shape index (κ1) is 21.4. The summed E-state index contributed by atoms with van der Waals surface area (Å²) in [5.41, 5.74) is 0.448. The Balaban J connectivity index is 1.56. The highest BCUT2D eigenvalue weighted by molar-refractivity contribution is 7.21. The molecule has 0 aliphatic rings. The zero-order valence-electron chi connectivity index (χ0n) is 16.3. The van der Waals surface area contributed by atoms with Crippen LogP contribution in [-0.4, -0.2) is 40.2 Å². The Morgan fingerprint density at radius 3 is 2.40 bits per heavy atom. The number of carboxylic acid groups (broad SMARTS) is 1. The second-order valence-corrected chi connectivity index (χ2v) is 7.66. The highest BCUT2D eigenvalue weighted by atomic mass is 32.1. The Kier molecular flexibility index (Phi) is 7.45. The summed E-state index contributed by atoms with van der Waals surface area (Å²) in [5, 5.41) is 14.7. The maximum absolute atomic E-state index is 12.4. The van der Waals surface area contributed by atoms with Crippen LogP contribution in [0.4, 0.5) is 4.79 Å². The fraction of sp³-hybridized carbons (Fsp3) is 0.286. The fourth-order valence-corrected chi connectivity index (χ4v) is 3.86. The summed E-state index contributed by atoms with van der Waals surface area (Å²) in [6.45, 7) is 0.950. The number of aromatic nitrogens is 2. The fourth-order valence-electron chi connectivity index (χ4n) is 2.89. The molecule has 0 atom stereocenters. The normalized spacial score (nSPS) is 10.7. The molecule has 0 saturated heterocycles. The lowest BCUT2D eigenvalue weighted by molar-refractivity contribution is 0.0948. The number of fused-ring (bicyclic) bond motifs is 1. The van der Waals surface area contributed by atoms with Crippen molar-refractivity contribution in [1.82, 2.24) is 20.6 Å². The molecule has 0 saturated carbocycles. The summed E-state index contributed by atoms with van der Waals surface area (Å²) in [6.07, 6.45) is 2.33. The van der Waals surface area contributed by atoms with Gasteiger partial charge in [0, 0.05) is 17.8 Å². The van der Waals surface area contributed by atoms with Crippen molar-refractivity contribution in [3.8, 4) is 10.7 Å². The summed E-state index contributed by atoms with van der Waals surface area (Å²) in [5.74, 6) is -0.280. The topological polar surface area (TPSA) is 121 Å². The molecule has 0 radical (unpaired) electrons. The third-order valence-electron chi connectivity index (χ3n) is 4.39. The molecule has 8 nitrogen and oxygen atoms in total. The van der Waals surface area contributed by atoms with Crippen LogP contribution in [-0.2, 0) is 0 Å². The van der Waals surface area contributed by atoms with Gasteiger partial charge in [0.15, 0.2) is 0 Å². The summed E-state index contributed by atoms with van der Waals surface area (Å²) < 4.78 is 0.822. The average Bonchev–Trinajstić information content (AvgIpc) is 2.75. The van der Waals surface area contributed by atoms with E-state index in [1.54, 1.807) is 30.3 Å². The maximum Gasteiger partial charge on any atom is 0.404 e. The van der Waals surface area contributed by atoms with E-state index in [4.69, 9.17) is 5.11 Å². The van der Waals surface area contributed by atoms with Crippen molar-refractivity contribution < 1.29 is 14.7 Å². The van der Waals surface area contributed by atoms with Crippen molar-refractivity contribution in [3.05, 3.63) is 58.5 Å². The van der Waals surface area contributed by atoms with Gasteiger partial charge in [-0.05, 0) is 37.1 Å². The molecular weight excluding hydrogens is 404 g/mol. The van der Waals surface area contributed by atoms with Crippen LogP contribution in [0.1, 0.15) is 36.2 Å². The molecule has 0 aliphatic carbocycles. The number of carbonyl (C=O) groups excluding carboxylic acids is 1. The van der Waals surface area contributed by atoms with E-state index in [1.807, 2.05) is 12.1 Å². The van der Waals surface area contributed by atoms with Gasteiger partial charge in [0.25, 0.3) is 11.5 Å².